The Kier molecular flexibility index (Phi) is 4.71. The van der Waals surface area contributed by atoms with E-state index < -0.39 is 0 Å². The maximum Gasteiger partial charge on any atom is 0.0755 e. The van der Waals surface area contributed by atoms with E-state index in [4.69, 9.17) is 11.6 Å². The van der Waals surface area contributed by atoms with Gasteiger partial charge in [-0.15, -0.1) is 0 Å². The largest absolute Gasteiger partial charge is 1.00 e. The smallest absolute Gasteiger partial charge is 0.0755 e. The van der Waals surface area contributed by atoms with Crippen molar-refractivity contribution in [3.8, 4) is 0 Å². The number of fused-ring (bicyclic) bond motifs is 1. The summed E-state index contributed by atoms with van der Waals surface area (Å²) in [6.07, 6.45) is 0. The van der Waals surface area contributed by atoms with E-state index >= 15 is 0 Å². The summed E-state index contributed by atoms with van der Waals surface area (Å²) >= 11 is 6.03. The Balaban J connectivity index is 0.00000161. The van der Waals surface area contributed by atoms with Gasteiger partial charge in [-0.05, 0) is 43.7 Å². The molecule has 0 aliphatic rings. The van der Waals surface area contributed by atoms with Crippen LogP contribution in [-0.2, 0) is 0 Å². The van der Waals surface area contributed by atoms with Crippen molar-refractivity contribution in [3.63, 3.8) is 0 Å². The number of anilines is 2. The normalized spacial score (nSPS) is 10.2. The summed E-state index contributed by atoms with van der Waals surface area (Å²) in [5, 5.41) is 5.28. The molecule has 0 spiro atoms. The average molecular weight is 318 g/mol. The van der Waals surface area contributed by atoms with E-state index in [0.717, 1.165) is 33.0 Å². The molecule has 4 heteroatoms. The van der Waals surface area contributed by atoms with Crippen LogP contribution in [0.3, 0.4) is 0 Å². The number of halogens is 2. The Morgan fingerprint density at radius 3 is 2.52 bits per heavy atom. The molecule has 21 heavy (non-hydrogen) atoms. The third-order valence-corrected chi connectivity index (χ3v) is 3.51. The van der Waals surface area contributed by atoms with Crippen molar-refractivity contribution in [1.82, 2.24) is 4.98 Å². The molecular formula is C17H15Cl2N2-. The molecule has 0 unspecified atom stereocenters. The molecule has 0 aliphatic heterocycles. The number of benzene rings is 2. The zero-order valence-electron chi connectivity index (χ0n) is 11.8. The fourth-order valence-electron chi connectivity index (χ4n) is 2.35. The fraction of sp³-hybridized carbons (Fsp3) is 0.118. The lowest BCUT2D eigenvalue weighted by molar-refractivity contribution is -0.00000406. The van der Waals surface area contributed by atoms with Crippen LogP contribution in [0.15, 0.2) is 48.5 Å². The minimum absolute atomic E-state index is 0. The van der Waals surface area contributed by atoms with E-state index in [1.54, 1.807) is 0 Å². The Hall–Kier alpha value is -1.77. The first-order chi connectivity index (χ1) is 9.63. The highest BCUT2D eigenvalue weighted by Gasteiger charge is 2.06. The van der Waals surface area contributed by atoms with Gasteiger partial charge >= 0.3 is 0 Å². The number of aromatic nitrogens is 1. The lowest BCUT2D eigenvalue weighted by Gasteiger charge is -2.12. The SMILES string of the molecule is Cc1cc(Nc2cccc(Cl)c2)c2cccc(C)c2n1.[Cl-]. The summed E-state index contributed by atoms with van der Waals surface area (Å²) in [4.78, 5) is 4.63. The summed E-state index contributed by atoms with van der Waals surface area (Å²) in [5.41, 5.74) is 5.25. The van der Waals surface area contributed by atoms with Crippen molar-refractivity contribution in [3.05, 3.63) is 64.8 Å². The number of hydrogen-bond acceptors (Lipinski definition) is 2. The summed E-state index contributed by atoms with van der Waals surface area (Å²) in [5.74, 6) is 0. The number of para-hydroxylation sites is 1. The van der Waals surface area contributed by atoms with Crippen LogP contribution in [0.2, 0.25) is 5.02 Å². The second kappa shape index (κ2) is 6.33. The molecule has 0 atom stereocenters. The van der Waals surface area contributed by atoms with Gasteiger partial charge in [0.1, 0.15) is 0 Å². The Bertz CT molecular complexity index is 785. The molecule has 0 radical (unpaired) electrons. The van der Waals surface area contributed by atoms with Gasteiger partial charge in [-0.3, -0.25) is 4.98 Å². The van der Waals surface area contributed by atoms with Crippen LogP contribution in [0, 0.1) is 13.8 Å². The quantitative estimate of drug-likeness (QED) is 0.784. The molecule has 0 amide bonds. The number of hydrogen-bond donors (Lipinski definition) is 1. The molecule has 3 rings (SSSR count). The van der Waals surface area contributed by atoms with Crippen molar-refractivity contribution in [1.29, 1.82) is 0 Å². The predicted molar refractivity (Wildman–Crippen MR) is 86.0 cm³/mol. The third-order valence-electron chi connectivity index (χ3n) is 3.27. The van der Waals surface area contributed by atoms with Gasteiger partial charge in [0.25, 0.3) is 0 Å². The molecule has 108 valence electrons. The first kappa shape index (κ1) is 15.6. The van der Waals surface area contributed by atoms with Crippen LogP contribution in [-0.4, -0.2) is 4.98 Å². The number of rotatable bonds is 2. The maximum absolute atomic E-state index is 6.03. The van der Waals surface area contributed by atoms with E-state index in [1.807, 2.05) is 31.2 Å². The molecular weight excluding hydrogens is 303 g/mol. The van der Waals surface area contributed by atoms with Crippen molar-refractivity contribution >= 4 is 33.9 Å². The fourth-order valence-corrected chi connectivity index (χ4v) is 2.54. The summed E-state index contributed by atoms with van der Waals surface area (Å²) < 4.78 is 0. The van der Waals surface area contributed by atoms with Gasteiger partial charge in [-0.1, -0.05) is 35.9 Å². The van der Waals surface area contributed by atoms with Gasteiger partial charge in [0, 0.05) is 27.5 Å². The molecule has 2 aromatic carbocycles. The van der Waals surface area contributed by atoms with Crippen LogP contribution in [0.5, 0.6) is 0 Å². The monoisotopic (exact) mass is 317 g/mol. The Morgan fingerprint density at radius 2 is 1.76 bits per heavy atom. The van der Waals surface area contributed by atoms with E-state index in [0.29, 0.717) is 0 Å². The number of nitrogens with zero attached hydrogens (tertiary/aromatic N) is 1. The standard InChI is InChI=1S/C17H15ClN2.ClH/c1-11-5-3-8-15-16(9-12(2)19-17(11)15)20-14-7-4-6-13(18)10-14;/h3-10H,1-2H3,(H,19,20);1H/p-1. The van der Waals surface area contributed by atoms with E-state index in [-0.39, 0.29) is 12.4 Å². The molecule has 2 nitrogen and oxygen atoms in total. The van der Waals surface area contributed by atoms with Crippen LogP contribution in [0.1, 0.15) is 11.3 Å². The van der Waals surface area contributed by atoms with E-state index in [9.17, 15) is 0 Å². The lowest BCUT2D eigenvalue weighted by atomic mass is 10.1. The van der Waals surface area contributed by atoms with Gasteiger partial charge in [-0.25, -0.2) is 0 Å². The van der Waals surface area contributed by atoms with Crippen LogP contribution in [0.25, 0.3) is 10.9 Å². The van der Waals surface area contributed by atoms with Crippen LogP contribution >= 0.6 is 11.6 Å². The highest BCUT2D eigenvalue weighted by atomic mass is 35.5. The van der Waals surface area contributed by atoms with Crippen LogP contribution in [0.4, 0.5) is 11.4 Å². The molecule has 0 saturated carbocycles. The lowest BCUT2D eigenvalue weighted by Crippen LogP contribution is -3.00. The highest BCUT2D eigenvalue weighted by Crippen LogP contribution is 2.28. The van der Waals surface area contributed by atoms with Crippen molar-refractivity contribution in [2.75, 3.05) is 5.32 Å². The first-order valence-corrected chi connectivity index (χ1v) is 6.91. The Labute approximate surface area is 135 Å². The minimum Gasteiger partial charge on any atom is -1.00 e. The molecule has 0 bridgehead atoms. The van der Waals surface area contributed by atoms with Crippen LogP contribution < -0.4 is 17.7 Å². The molecule has 0 fully saturated rings. The van der Waals surface area contributed by atoms with Crippen molar-refractivity contribution < 1.29 is 12.4 Å². The predicted octanol–water partition coefficient (Wildman–Crippen LogP) is 2.25. The number of pyridine rings is 1. The topological polar surface area (TPSA) is 24.9 Å². The molecule has 1 N–H and O–H groups in total. The van der Waals surface area contributed by atoms with Gasteiger partial charge < -0.3 is 17.7 Å². The summed E-state index contributed by atoms with van der Waals surface area (Å²) in [7, 11) is 0. The first-order valence-electron chi connectivity index (χ1n) is 6.53. The molecule has 1 aromatic heterocycles. The second-order valence-corrected chi connectivity index (χ2v) is 5.35. The summed E-state index contributed by atoms with van der Waals surface area (Å²) in [6.45, 7) is 4.09. The van der Waals surface area contributed by atoms with Crippen molar-refractivity contribution in [2.45, 2.75) is 13.8 Å². The van der Waals surface area contributed by atoms with Gasteiger partial charge in [0.05, 0.1) is 5.52 Å². The molecule has 3 aromatic rings. The second-order valence-electron chi connectivity index (χ2n) is 4.92. The summed E-state index contributed by atoms with van der Waals surface area (Å²) in [6, 6.07) is 16.0. The number of nitrogens with one attached hydrogen (secondary N) is 1. The minimum atomic E-state index is 0. The molecule has 1 heterocycles. The highest BCUT2D eigenvalue weighted by molar-refractivity contribution is 6.30. The Morgan fingerprint density at radius 1 is 1.00 bits per heavy atom. The van der Waals surface area contributed by atoms with Gasteiger partial charge in [0.15, 0.2) is 0 Å². The third kappa shape index (κ3) is 3.29. The number of aryl methyl sites for hydroxylation is 2. The van der Waals surface area contributed by atoms with Crippen molar-refractivity contribution in [2.24, 2.45) is 0 Å². The average Bonchev–Trinajstić information content (AvgIpc) is 2.40. The molecule has 0 saturated heterocycles. The van der Waals surface area contributed by atoms with Gasteiger partial charge in [0.2, 0.25) is 0 Å². The van der Waals surface area contributed by atoms with Gasteiger partial charge in [-0.2, -0.15) is 0 Å². The maximum atomic E-state index is 6.03. The molecule has 0 aliphatic carbocycles. The zero-order valence-corrected chi connectivity index (χ0v) is 13.3. The zero-order chi connectivity index (χ0) is 14.1. The van der Waals surface area contributed by atoms with E-state index in [1.165, 1.54) is 5.56 Å². The van der Waals surface area contributed by atoms with E-state index in [2.05, 4.69) is 41.5 Å².